The number of rotatable bonds is 6. The number of hydrogen-bond acceptors (Lipinski definition) is 3. The van der Waals surface area contributed by atoms with Crippen LogP contribution in [-0.2, 0) is 25.1 Å². The van der Waals surface area contributed by atoms with E-state index in [1.54, 1.807) is 0 Å². The molecule has 0 aromatic heterocycles. The van der Waals surface area contributed by atoms with E-state index in [1.165, 1.54) is 4.90 Å². The Morgan fingerprint density at radius 1 is 0.909 bits per heavy atom. The molecule has 33 heavy (non-hydrogen) atoms. The number of β-lactam (4-membered cyclic amide) rings is 1. The molecule has 2 saturated heterocycles. The predicted molar refractivity (Wildman–Crippen MR) is 127 cm³/mol. The van der Waals surface area contributed by atoms with Crippen molar-refractivity contribution in [1.82, 2.24) is 4.90 Å². The van der Waals surface area contributed by atoms with Crippen LogP contribution in [0.25, 0.3) is 0 Å². The van der Waals surface area contributed by atoms with Gasteiger partial charge in [0.05, 0.1) is 10.8 Å². The number of aliphatic carboxylic acids is 1. The number of nitrogens with zero attached hydrogens (tertiary/aromatic N) is 1. The van der Waals surface area contributed by atoms with Crippen molar-refractivity contribution < 1.29 is 18.9 Å². The third-order valence-corrected chi connectivity index (χ3v) is 9.70. The zero-order valence-electron chi connectivity index (χ0n) is 17.6. The minimum Gasteiger partial charge on any atom is -0.480 e. The lowest BCUT2D eigenvalue weighted by molar-refractivity contribution is -0.156. The summed E-state index contributed by atoms with van der Waals surface area (Å²) in [6.07, 6.45) is 0.378. The molecule has 0 aliphatic carbocycles. The first-order valence-electron chi connectivity index (χ1n) is 10.7. The second-order valence-electron chi connectivity index (χ2n) is 8.44. The van der Waals surface area contributed by atoms with Crippen LogP contribution in [0.1, 0.15) is 29.5 Å². The smallest absolute Gasteiger partial charge is 0.329 e. The van der Waals surface area contributed by atoms with Crippen molar-refractivity contribution in [3.63, 3.8) is 0 Å². The van der Waals surface area contributed by atoms with Crippen LogP contribution in [0.4, 0.5) is 0 Å². The lowest BCUT2D eigenvalue weighted by Crippen LogP contribution is -2.59. The molecule has 7 heteroatoms. The highest BCUT2D eigenvalue weighted by Gasteiger charge is 2.67. The predicted octanol–water partition coefficient (Wildman–Crippen LogP) is 4.12. The van der Waals surface area contributed by atoms with Crippen LogP contribution in [0.2, 0.25) is 0 Å². The van der Waals surface area contributed by atoms with E-state index in [2.05, 4.69) is 0 Å². The number of carboxylic acid groups (broad SMARTS) is 1. The fourth-order valence-corrected chi connectivity index (χ4v) is 8.28. The summed E-state index contributed by atoms with van der Waals surface area (Å²) in [5.74, 6) is -1.51. The van der Waals surface area contributed by atoms with Gasteiger partial charge in [-0.1, -0.05) is 91.0 Å². The summed E-state index contributed by atoms with van der Waals surface area (Å²) in [4.78, 5) is 26.0. The van der Waals surface area contributed by atoms with Gasteiger partial charge in [-0.25, -0.2) is 4.79 Å². The highest BCUT2D eigenvalue weighted by Crippen LogP contribution is 2.55. The quantitative estimate of drug-likeness (QED) is 0.328. The van der Waals surface area contributed by atoms with Crippen LogP contribution >= 0.6 is 11.6 Å². The Morgan fingerprint density at radius 2 is 1.33 bits per heavy atom. The molecule has 2 fully saturated rings. The van der Waals surface area contributed by atoms with Crippen molar-refractivity contribution in [3.05, 3.63) is 108 Å². The molecule has 0 bridgehead atoms. The van der Waals surface area contributed by atoms with Crippen molar-refractivity contribution in [2.75, 3.05) is 0 Å². The fraction of sp³-hybridized carbons (Fsp3) is 0.231. The van der Waals surface area contributed by atoms with Crippen molar-refractivity contribution in [2.24, 2.45) is 0 Å². The highest BCUT2D eigenvalue weighted by atomic mass is 35.5. The molecule has 1 N–H and O–H groups in total. The number of carbonyl (C=O) groups excluding carboxylic acids is 1. The van der Waals surface area contributed by atoms with Crippen molar-refractivity contribution >= 4 is 34.3 Å². The Balaban J connectivity index is 1.81. The monoisotopic (exact) mass is 479 g/mol. The van der Waals surface area contributed by atoms with Crippen LogP contribution in [0.5, 0.6) is 0 Å². The van der Waals surface area contributed by atoms with E-state index in [1.807, 2.05) is 91.0 Å². The van der Waals surface area contributed by atoms with Crippen molar-refractivity contribution in [3.8, 4) is 0 Å². The average molecular weight is 480 g/mol. The van der Waals surface area contributed by atoms with Crippen LogP contribution in [0.3, 0.4) is 0 Å². The zero-order chi connectivity index (χ0) is 23.2. The maximum atomic E-state index is 14.9. The molecule has 0 saturated carbocycles. The Morgan fingerprint density at radius 3 is 1.70 bits per heavy atom. The van der Waals surface area contributed by atoms with Crippen molar-refractivity contribution in [1.29, 1.82) is 0 Å². The van der Waals surface area contributed by atoms with Gasteiger partial charge in [0.1, 0.15) is 4.75 Å². The van der Waals surface area contributed by atoms with E-state index < -0.39 is 31.8 Å². The minimum atomic E-state index is -1.99. The second kappa shape index (κ2) is 8.12. The van der Waals surface area contributed by atoms with E-state index in [0.29, 0.717) is 0 Å². The van der Waals surface area contributed by atoms with Gasteiger partial charge in [0.2, 0.25) is 5.91 Å². The Hall–Kier alpha value is -2.96. The molecule has 0 spiro atoms. The molecule has 1 amide bonds. The summed E-state index contributed by atoms with van der Waals surface area (Å²) < 4.78 is 12.0. The van der Waals surface area contributed by atoms with Crippen LogP contribution in [0.15, 0.2) is 91.0 Å². The molecule has 3 aromatic carbocycles. The Kier molecular flexibility index (Phi) is 5.38. The van der Waals surface area contributed by atoms with Gasteiger partial charge < -0.3 is 10.0 Å². The first-order valence-corrected chi connectivity index (χ1v) is 12.2. The summed E-state index contributed by atoms with van der Waals surface area (Å²) in [6, 6.07) is 26.5. The van der Waals surface area contributed by atoms with Gasteiger partial charge in [-0.3, -0.25) is 9.00 Å². The van der Waals surface area contributed by atoms with Gasteiger partial charge >= 0.3 is 5.97 Å². The zero-order valence-corrected chi connectivity index (χ0v) is 19.2. The van der Waals surface area contributed by atoms with Crippen LogP contribution in [0, 0.1) is 0 Å². The molecule has 4 unspecified atom stereocenters. The Labute approximate surface area is 199 Å². The molecule has 5 nitrogen and oxygen atoms in total. The summed E-state index contributed by atoms with van der Waals surface area (Å²) in [5, 5.41) is 10.1. The average Bonchev–Trinajstić information content (AvgIpc) is 3.09. The molecule has 2 heterocycles. The summed E-state index contributed by atoms with van der Waals surface area (Å²) in [6.45, 7) is 0. The number of carbonyl (C=O) groups is 2. The first kappa shape index (κ1) is 21.9. The van der Waals surface area contributed by atoms with E-state index >= 15 is 0 Å². The number of halogens is 1. The topological polar surface area (TPSA) is 74.7 Å². The second-order valence-corrected chi connectivity index (χ2v) is 11.2. The third kappa shape index (κ3) is 3.15. The fourth-order valence-electron chi connectivity index (χ4n) is 5.24. The standard InChI is InChI=1S/C26H22ClNO4S/c27-25(17-21-16-22(29)28(21)23(25)24(30)31)33(32)26(18-10-4-1-5-11-18,19-12-6-2-7-13-19)20-14-8-3-9-15-20/h1-15,21,23H,16-17H2,(H,30,31). The van der Waals surface area contributed by atoms with Gasteiger partial charge in [0.15, 0.2) is 10.2 Å². The summed E-state index contributed by atoms with van der Waals surface area (Å²) in [7, 11) is -1.99. The maximum Gasteiger partial charge on any atom is 0.329 e. The normalized spacial score (nSPS) is 25.2. The van der Waals surface area contributed by atoms with Gasteiger partial charge in [-0.05, 0) is 16.7 Å². The van der Waals surface area contributed by atoms with Gasteiger partial charge in [-0.15, -0.1) is 11.6 Å². The molecule has 5 rings (SSSR count). The summed E-state index contributed by atoms with van der Waals surface area (Å²) in [5.41, 5.74) is 2.22. The number of fused-ring (bicyclic) bond motifs is 1. The molecule has 2 aliphatic rings. The summed E-state index contributed by atoms with van der Waals surface area (Å²) >= 11 is 7.14. The number of amides is 1. The number of hydrogen-bond donors (Lipinski definition) is 1. The van der Waals surface area contributed by atoms with E-state index in [4.69, 9.17) is 11.6 Å². The van der Waals surface area contributed by atoms with Gasteiger partial charge in [0, 0.05) is 18.9 Å². The van der Waals surface area contributed by atoms with E-state index in [0.717, 1.165) is 16.7 Å². The molecule has 168 valence electrons. The number of alkyl halides is 1. The molecular weight excluding hydrogens is 458 g/mol. The molecule has 4 atom stereocenters. The van der Waals surface area contributed by atoms with Gasteiger partial charge in [0.25, 0.3) is 0 Å². The molecule has 0 radical (unpaired) electrons. The third-order valence-electron chi connectivity index (χ3n) is 6.65. The largest absolute Gasteiger partial charge is 0.480 e. The van der Waals surface area contributed by atoms with Crippen LogP contribution in [-0.4, -0.2) is 42.4 Å². The van der Waals surface area contributed by atoms with E-state index in [-0.39, 0.29) is 24.8 Å². The maximum absolute atomic E-state index is 14.9. The minimum absolute atomic E-state index is 0.151. The Bertz CT molecular complexity index is 1120. The SMILES string of the molecule is O=C(O)C1N2C(=O)CC2CC1(Cl)S(=O)C(c1ccccc1)(c1ccccc1)c1ccccc1. The van der Waals surface area contributed by atoms with E-state index in [9.17, 15) is 18.9 Å². The van der Waals surface area contributed by atoms with Gasteiger partial charge in [-0.2, -0.15) is 0 Å². The lowest BCUT2D eigenvalue weighted by atomic mass is 9.84. The first-order chi connectivity index (χ1) is 15.9. The highest BCUT2D eigenvalue weighted by molar-refractivity contribution is 7.89. The molecule has 3 aromatic rings. The molecular formula is C26H22ClNO4S. The molecule has 2 aliphatic heterocycles. The van der Waals surface area contributed by atoms with Crippen LogP contribution < -0.4 is 0 Å². The number of carboxylic acids is 1. The lowest BCUT2D eigenvalue weighted by Gasteiger charge is -2.42. The number of benzene rings is 3. The van der Waals surface area contributed by atoms with Crippen molar-refractivity contribution in [2.45, 2.75) is 33.9 Å².